The van der Waals surface area contributed by atoms with Gasteiger partial charge in [-0.3, -0.25) is 14.4 Å². The number of halogens is 3. The maximum absolute atomic E-state index is 13.7. The lowest BCUT2D eigenvalue weighted by Gasteiger charge is -2.18. The maximum atomic E-state index is 13.7. The molecule has 0 aliphatic heterocycles. The second-order valence-corrected chi connectivity index (χ2v) is 12.5. The van der Waals surface area contributed by atoms with Gasteiger partial charge in [-0.2, -0.15) is 13.2 Å². The van der Waals surface area contributed by atoms with Gasteiger partial charge in [0.05, 0.1) is 26.9 Å². The minimum Gasteiger partial charge on any atom is -0.493 e. The van der Waals surface area contributed by atoms with Crippen LogP contribution in [-0.2, 0) is 15.8 Å². The second kappa shape index (κ2) is 17.3. The largest absolute Gasteiger partial charge is 0.493 e. The topological polar surface area (TPSA) is 115 Å². The Labute approximate surface area is 308 Å². The van der Waals surface area contributed by atoms with Gasteiger partial charge in [-0.1, -0.05) is 54.6 Å². The van der Waals surface area contributed by atoms with E-state index in [1.54, 1.807) is 97.1 Å². The molecule has 0 heterocycles. The number of nitrogens with one attached hydrogen (secondary N) is 3. The standard InChI is InChI=1S/C40H34F3N3O6S/c1-50-33-22-25(23-34(51-2)35(33)52-3)21-32(46-37(47)27-13-8-5-9-14-27)38(48)44-29-17-19-31(20-18-29)53-36(26-11-6-4-7-12-26)39(49)45-30-16-10-15-28(24-30)40(41,42)43/h4-24,36H,1-3H3,(H,44,48)(H,45,49)(H,46,47)/b32-21-. The molecule has 3 amide bonds. The number of amides is 3. The zero-order chi connectivity index (χ0) is 38.0. The number of rotatable bonds is 13. The average molecular weight is 742 g/mol. The molecule has 3 N–H and O–H groups in total. The van der Waals surface area contributed by atoms with E-state index in [2.05, 4.69) is 16.0 Å². The fourth-order valence-corrected chi connectivity index (χ4v) is 6.15. The number of alkyl halides is 3. The average Bonchev–Trinajstić information content (AvgIpc) is 3.17. The number of hydrogen-bond donors (Lipinski definition) is 3. The van der Waals surface area contributed by atoms with Crippen molar-refractivity contribution in [2.24, 2.45) is 0 Å². The molecule has 13 heteroatoms. The molecule has 0 aromatic heterocycles. The Kier molecular flexibility index (Phi) is 12.4. The minimum absolute atomic E-state index is 0.0131. The summed E-state index contributed by atoms with van der Waals surface area (Å²) in [5, 5.41) is 7.27. The Morgan fingerprint density at radius 1 is 0.698 bits per heavy atom. The number of hydrogen-bond acceptors (Lipinski definition) is 7. The molecule has 1 atom stereocenters. The zero-order valence-corrected chi connectivity index (χ0v) is 29.5. The monoisotopic (exact) mass is 741 g/mol. The summed E-state index contributed by atoms with van der Waals surface area (Å²) >= 11 is 1.18. The van der Waals surface area contributed by atoms with E-state index in [1.165, 1.54) is 51.3 Å². The second-order valence-electron chi connectivity index (χ2n) is 11.3. The van der Waals surface area contributed by atoms with Crippen molar-refractivity contribution in [1.29, 1.82) is 0 Å². The van der Waals surface area contributed by atoms with Crippen molar-refractivity contribution in [3.8, 4) is 17.2 Å². The van der Waals surface area contributed by atoms with Crippen LogP contribution in [0.3, 0.4) is 0 Å². The third-order valence-corrected chi connectivity index (χ3v) is 8.96. The van der Waals surface area contributed by atoms with Crippen LogP contribution in [0.2, 0.25) is 0 Å². The molecule has 0 aliphatic carbocycles. The Bertz CT molecular complexity index is 2070. The zero-order valence-electron chi connectivity index (χ0n) is 28.7. The number of methoxy groups -OCH3 is 3. The van der Waals surface area contributed by atoms with Gasteiger partial charge in [-0.15, -0.1) is 11.8 Å². The smallest absolute Gasteiger partial charge is 0.416 e. The van der Waals surface area contributed by atoms with E-state index in [9.17, 15) is 27.6 Å². The van der Waals surface area contributed by atoms with Crippen LogP contribution in [0.25, 0.3) is 6.08 Å². The van der Waals surface area contributed by atoms with E-state index in [0.29, 0.717) is 44.5 Å². The molecular formula is C40H34F3N3O6S. The lowest BCUT2D eigenvalue weighted by molar-refractivity contribution is -0.137. The van der Waals surface area contributed by atoms with Crippen LogP contribution in [-0.4, -0.2) is 39.1 Å². The summed E-state index contributed by atoms with van der Waals surface area (Å²) in [4.78, 5) is 41.0. The molecule has 5 aromatic carbocycles. The quantitative estimate of drug-likeness (QED) is 0.0818. The van der Waals surface area contributed by atoms with E-state index in [0.717, 1.165) is 12.1 Å². The van der Waals surface area contributed by atoms with Crippen molar-refractivity contribution in [3.05, 3.63) is 149 Å². The summed E-state index contributed by atoms with van der Waals surface area (Å²) in [5.41, 5.74) is 0.880. The van der Waals surface area contributed by atoms with Gasteiger partial charge >= 0.3 is 6.18 Å². The molecule has 0 radical (unpaired) electrons. The van der Waals surface area contributed by atoms with Crippen LogP contribution >= 0.6 is 11.8 Å². The van der Waals surface area contributed by atoms with Gasteiger partial charge in [0.15, 0.2) is 11.5 Å². The molecule has 272 valence electrons. The summed E-state index contributed by atoms with van der Waals surface area (Å²) in [6.45, 7) is 0. The molecule has 0 saturated heterocycles. The Hall–Kier alpha value is -6.21. The molecule has 0 saturated carbocycles. The SMILES string of the molecule is COc1cc(/C=C(\NC(=O)c2ccccc2)C(=O)Nc2ccc(SC(C(=O)Nc3cccc(C(F)(F)F)c3)c3ccccc3)cc2)cc(OC)c1OC. The molecule has 0 aliphatic rings. The van der Waals surface area contributed by atoms with Gasteiger partial charge in [0, 0.05) is 21.8 Å². The summed E-state index contributed by atoms with van der Waals surface area (Å²) < 4.78 is 56.2. The maximum Gasteiger partial charge on any atom is 0.416 e. The van der Waals surface area contributed by atoms with Crippen molar-refractivity contribution < 1.29 is 41.8 Å². The van der Waals surface area contributed by atoms with Crippen LogP contribution in [0.5, 0.6) is 17.2 Å². The molecule has 0 bridgehead atoms. The first kappa shape index (κ1) is 38.0. The van der Waals surface area contributed by atoms with Crippen LogP contribution in [0.1, 0.15) is 32.3 Å². The van der Waals surface area contributed by atoms with E-state index in [1.807, 2.05) is 0 Å². The number of benzene rings is 5. The molecule has 5 aromatic rings. The molecule has 9 nitrogen and oxygen atoms in total. The van der Waals surface area contributed by atoms with Crippen molar-refractivity contribution in [1.82, 2.24) is 5.32 Å². The van der Waals surface area contributed by atoms with Gasteiger partial charge in [-0.25, -0.2) is 0 Å². The molecule has 5 rings (SSSR count). The third kappa shape index (κ3) is 9.98. The minimum atomic E-state index is -4.56. The highest BCUT2D eigenvalue weighted by atomic mass is 32.2. The van der Waals surface area contributed by atoms with Crippen molar-refractivity contribution >= 4 is 46.9 Å². The van der Waals surface area contributed by atoms with E-state index in [4.69, 9.17) is 14.2 Å². The van der Waals surface area contributed by atoms with Crippen molar-refractivity contribution in [2.45, 2.75) is 16.3 Å². The molecule has 0 fully saturated rings. The predicted molar refractivity (Wildman–Crippen MR) is 198 cm³/mol. The van der Waals surface area contributed by atoms with Crippen LogP contribution in [0.4, 0.5) is 24.5 Å². The van der Waals surface area contributed by atoms with E-state index >= 15 is 0 Å². The third-order valence-electron chi connectivity index (χ3n) is 7.69. The van der Waals surface area contributed by atoms with Crippen LogP contribution in [0, 0.1) is 0 Å². The molecule has 0 spiro atoms. The van der Waals surface area contributed by atoms with Crippen LogP contribution < -0.4 is 30.2 Å². The predicted octanol–water partition coefficient (Wildman–Crippen LogP) is 8.61. The van der Waals surface area contributed by atoms with E-state index in [-0.39, 0.29) is 11.4 Å². The summed E-state index contributed by atoms with van der Waals surface area (Å²) in [5.74, 6) is -0.622. The number of ether oxygens (including phenoxy) is 3. The van der Waals surface area contributed by atoms with Gasteiger partial charge in [-0.05, 0) is 83.9 Å². The summed E-state index contributed by atoms with van der Waals surface area (Å²) in [6, 6.07) is 31.6. The van der Waals surface area contributed by atoms with Gasteiger partial charge in [0.2, 0.25) is 11.7 Å². The van der Waals surface area contributed by atoms with E-state index < -0.39 is 34.7 Å². The lowest BCUT2D eigenvalue weighted by atomic mass is 10.1. The Morgan fingerprint density at radius 2 is 1.32 bits per heavy atom. The van der Waals surface area contributed by atoms with Crippen LogP contribution in [0.15, 0.2) is 132 Å². The first-order chi connectivity index (χ1) is 25.5. The summed E-state index contributed by atoms with van der Waals surface area (Å²) in [6.07, 6.45) is -3.09. The Morgan fingerprint density at radius 3 is 1.91 bits per heavy atom. The number of carbonyl (C=O) groups is 3. The van der Waals surface area contributed by atoms with Gasteiger partial charge < -0.3 is 30.2 Å². The molecular weight excluding hydrogens is 708 g/mol. The molecule has 1 unspecified atom stereocenters. The Balaban J connectivity index is 1.38. The van der Waals surface area contributed by atoms with Gasteiger partial charge in [0.25, 0.3) is 11.8 Å². The normalized spacial score (nSPS) is 11.9. The highest BCUT2D eigenvalue weighted by Gasteiger charge is 2.31. The number of thioether (sulfide) groups is 1. The first-order valence-electron chi connectivity index (χ1n) is 16.0. The fourth-order valence-electron chi connectivity index (χ4n) is 5.13. The first-order valence-corrected chi connectivity index (χ1v) is 16.9. The van der Waals surface area contributed by atoms with Crippen molar-refractivity contribution in [2.75, 3.05) is 32.0 Å². The number of carbonyl (C=O) groups excluding carboxylic acids is 3. The highest BCUT2D eigenvalue weighted by molar-refractivity contribution is 8.00. The lowest BCUT2D eigenvalue weighted by Crippen LogP contribution is -2.30. The number of anilines is 2. The highest BCUT2D eigenvalue weighted by Crippen LogP contribution is 2.39. The fraction of sp³-hybridized carbons (Fsp3) is 0.125. The van der Waals surface area contributed by atoms with Crippen molar-refractivity contribution in [3.63, 3.8) is 0 Å². The van der Waals surface area contributed by atoms with Gasteiger partial charge in [0.1, 0.15) is 10.9 Å². The summed E-state index contributed by atoms with van der Waals surface area (Å²) in [7, 11) is 4.39. The molecule has 53 heavy (non-hydrogen) atoms.